The highest BCUT2D eigenvalue weighted by atomic mass is 32.2. The zero-order valence-corrected chi connectivity index (χ0v) is 10.4. The average molecular weight is 273 g/mol. The van der Waals surface area contributed by atoms with Gasteiger partial charge in [0.25, 0.3) is 11.7 Å². The largest absolute Gasteiger partial charge is 0.396 e. The first-order valence-electron chi connectivity index (χ1n) is 5.55. The van der Waals surface area contributed by atoms with Crippen LogP contribution in [0.15, 0.2) is 29.2 Å². The van der Waals surface area contributed by atoms with Crippen molar-refractivity contribution in [3.05, 3.63) is 29.8 Å². The van der Waals surface area contributed by atoms with Gasteiger partial charge in [-0.15, -0.1) is 0 Å². The van der Waals surface area contributed by atoms with Crippen LogP contribution in [0.5, 0.6) is 0 Å². The molecule has 0 bridgehead atoms. The molecule has 0 unspecified atom stereocenters. The van der Waals surface area contributed by atoms with Gasteiger partial charge < -0.3 is 10.0 Å². The molecule has 18 heavy (non-hydrogen) atoms. The Morgan fingerprint density at radius 3 is 2.72 bits per heavy atom. The van der Waals surface area contributed by atoms with Crippen LogP contribution in [0.2, 0.25) is 0 Å². The Morgan fingerprint density at radius 2 is 2.11 bits per heavy atom. The molecule has 1 aromatic rings. The van der Waals surface area contributed by atoms with E-state index in [-0.39, 0.29) is 18.4 Å². The van der Waals surface area contributed by atoms with Gasteiger partial charge >= 0.3 is 0 Å². The van der Waals surface area contributed by atoms with Crippen molar-refractivity contribution < 1.29 is 18.7 Å². The molecule has 0 aliphatic carbocycles. The maximum Gasteiger partial charge on any atom is 0.288 e. The van der Waals surface area contributed by atoms with Crippen LogP contribution in [0.4, 0.5) is 8.78 Å². The van der Waals surface area contributed by atoms with E-state index in [0.717, 1.165) is 0 Å². The van der Waals surface area contributed by atoms with Crippen LogP contribution in [0.1, 0.15) is 10.4 Å². The molecule has 1 saturated heterocycles. The summed E-state index contributed by atoms with van der Waals surface area (Å²) in [4.78, 5) is 13.9. The highest BCUT2D eigenvalue weighted by Crippen LogP contribution is 2.30. The van der Waals surface area contributed by atoms with Crippen molar-refractivity contribution >= 4 is 17.7 Å². The minimum absolute atomic E-state index is 0.0528. The molecule has 0 saturated carbocycles. The summed E-state index contributed by atoms with van der Waals surface area (Å²) in [5, 5.41) is 8.89. The van der Waals surface area contributed by atoms with Gasteiger partial charge in [-0.25, -0.2) is 0 Å². The Labute approximate surface area is 108 Å². The van der Waals surface area contributed by atoms with E-state index in [0.29, 0.717) is 35.3 Å². The molecule has 0 radical (unpaired) electrons. The molecule has 0 atom stereocenters. The average Bonchev–Trinajstić information content (AvgIpc) is 2.27. The van der Waals surface area contributed by atoms with Gasteiger partial charge in [-0.05, 0) is 12.1 Å². The van der Waals surface area contributed by atoms with Gasteiger partial charge in [0.1, 0.15) is 0 Å². The van der Waals surface area contributed by atoms with Gasteiger partial charge in [0.2, 0.25) is 0 Å². The van der Waals surface area contributed by atoms with Crippen molar-refractivity contribution in [1.29, 1.82) is 0 Å². The normalized spacial score (nSPS) is 15.9. The molecule has 0 aromatic heterocycles. The Bertz CT molecular complexity index is 436. The molecule has 1 aliphatic heterocycles. The van der Waals surface area contributed by atoms with Crippen molar-refractivity contribution in [3.8, 4) is 0 Å². The summed E-state index contributed by atoms with van der Waals surface area (Å²) in [6.07, 6.45) is 0. The number of alkyl halides is 2. The number of aliphatic hydroxyl groups excluding tert-OH is 1. The summed E-state index contributed by atoms with van der Waals surface area (Å²) < 4.78 is 24.8. The van der Waals surface area contributed by atoms with Crippen LogP contribution in [-0.2, 0) is 0 Å². The molecule has 6 heteroatoms. The minimum Gasteiger partial charge on any atom is -0.396 e. The van der Waals surface area contributed by atoms with Gasteiger partial charge in [-0.2, -0.15) is 8.78 Å². The van der Waals surface area contributed by atoms with Crippen LogP contribution in [0, 0.1) is 5.92 Å². The molecule has 1 amide bonds. The van der Waals surface area contributed by atoms with E-state index in [2.05, 4.69) is 0 Å². The van der Waals surface area contributed by atoms with Gasteiger partial charge in [-0.1, -0.05) is 23.9 Å². The van der Waals surface area contributed by atoms with Gasteiger partial charge in [0.05, 0.1) is 5.56 Å². The Hall–Kier alpha value is -1.14. The monoisotopic (exact) mass is 273 g/mol. The first-order chi connectivity index (χ1) is 8.61. The van der Waals surface area contributed by atoms with Crippen LogP contribution in [0.3, 0.4) is 0 Å². The maximum atomic E-state index is 12.4. The summed E-state index contributed by atoms with van der Waals surface area (Å²) >= 11 is 0.382. The summed E-state index contributed by atoms with van der Waals surface area (Å²) in [5.74, 6) is -2.67. The van der Waals surface area contributed by atoms with E-state index in [9.17, 15) is 13.6 Å². The second-order valence-electron chi connectivity index (χ2n) is 4.13. The summed E-state index contributed by atoms with van der Waals surface area (Å²) in [6, 6.07) is 6.37. The third-order valence-electron chi connectivity index (χ3n) is 2.84. The smallest absolute Gasteiger partial charge is 0.288 e. The number of halogens is 2. The summed E-state index contributed by atoms with van der Waals surface area (Å²) in [5.41, 5.74) is 0.305. The quantitative estimate of drug-likeness (QED) is 0.854. The van der Waals surface area contributed by atoms with Crippen molar-refractivity contribution in [2.45, 2.75) is 10.7 Å². The van der Waals surface area contributed by atoms with E-state index in [4.69, 9.17) is 5.11 Å². The molecule has 1 N–H and O–H groups in total. The second kappa shape index (κ2) is 5.67. The molecule has 0 spiro atoms. The number of hydrogen-bond acceptors (Lipinski definition) is 3. The SMILES string of the molecule is O=C(c1ccccc1SC(F)F)N1CC(CO)C1. The molecule has 1 aliphatic rings. The van der Waals surface area contributed by atoms with Gasteiger partial charge in [0.15, 0.2) is 0 Å². The molecular formula is C12H13F2NO2S. The molecule has 1 heterocycles. The lowest BCUT2D eigenvalue weighted by Gasteiger charge is -2.38. The molecular weight excluding hydrogens is 260 g/mol. The van der Waals surface area contributed by atoms with E-state index >= 15 is 0 Å². The fourth-order valence-electron chi connectivity index (χ4n) is 1.86. The van der Waals surface area contributed by atoms with Crippen molar-refractivity contribution in [2.24, 2.45) is 5.92 Å². The Morgan fingerprint density at radius 1 is 1.44 bits per heavy atom. The minimum atomic E-state index is -2.54. The zero-order valence-electron chi connectivity index (χ0n) is 9.55. The van der Waals surface area contributed by atoms with E-state index in [1.807, 2.05) is 0 Å². The third kappa shape index (κ3) is 2.81. The number of thioether (sulfide) groups is 1. The predicted molar refractivity (Wildman–Crippen MR) is 64.8 cm³/mol. The third-order valence-corrected chi connectivity index (χ3v) is 3.62. The number of likely N-dealkylation sites (tertiary alicyclic amines) is 1. The second-order valence-corrected chi connectivity index (χ2v) is 5.17. The summed E-state index contributed by atoms with van der Waals surface area (Å²) in [6.45, 7) is 1.03. The topological polar surface area (TPSA) is 40.5 Å². The maximum absolute atomic E-state index is 12.4. The van der Waals surface area contributed by atoms with Crippen molar-refractivity contribution in [3.63, 3.8) is 0 Å². The number of hydrogen-bond donors (Lipinski definition) is 1. The molecule has 2 rings (SSSR count). The van der Waals surface area contributed by atoms with Crippen molar-refractivity contribution in [2.75, 3.05) is 19.7 Å². The number of nitrogens with zero attached hydrogens (tertiary/aromatic N) is 1. The molecule has 3 nitrogen and oxygen atoms in total. The van der Waals surface area contributed by atoms with E-state index < -0.39 is 5.76 Å². The Balaban J connectivity index is 2.10. The fraction of sp³-hybridized carbons (Fsp3) is 0.417. The first-order valence-corrected chi connectivity index (χ1v) is 6.43. The number of benzene rings is 1. The Kier molecular flexibility index (Phi) is 4.19. The van der Waals surface area contributed by atoms with Crippen molar-refractivity contribution in [1.82, 2.24) is 4.90 Å². The van der Waals surface area contributed by atoms with Crippen LogP contribution in [-0.4, -0.2) is 41.4 Å². The summed E-state index contributed by atoms with van der Waals surface area (Å²) in [7, 11) is 0. The highest BCUT2D eigenvalue weighted by molar-refractivity contribution is 7.99. The van der Waals surface area contributed by atoms with E-state index in [1.54, 1.807) is 23.1 Å². The zero-order chi connectivity index (χ0) is 13.1. The molecule has 1 aromatic carbocycles. The lowest BCUT2D eigenvalue weighted by molar-refractivity contribution is 0.0359. The van der Waals surface area contributed by atoms with Crippen LogP contribution >= 0.6 is 11.8 Å². The number of rotatable bonds is 4. The predicted octanol–water partition coefficient (Wildman–Crippen LogP) is 2.07. The lowest BCUT2D eigenvalue weighted by atomic mass is 10.00. The first kappa shape index (κ1) is 13.3. The number of aliphatic hydroxyl groups is 1. The van der Waals surface area contributed by atoms with Crippen LogP contribution < -0.4 is 0 Å². The number of carbonyl (C=O) groups excluding carboxylic acids is 1. The van der Waals surface area contributed by atoms with E-state index in [1.165, 1.54) is 6.07 Å². The molecule has 1 fully saturated rings. The fourth-order valence-corrected chi connectivity index (χ4v) is 2.49. The standard InChI is InChI=1S/C12H13F2NO2S/c13-12(14)18-10-4-2-1-3-9(10)11(17)15-5-8(6-15)7-16/h1-4,8,12,16H,5-7H2. The van der Waals surface area contributed by atoms with Crippen LogP contribution in [0.25, 0.3) is 0 Å². The van der Waals surface area contributed by atoms with Gasteiger partial charge in [-0.3, -0.25) is 4.79 Å². The number of amides is 1. The highest BCUT2D eigenvalue weighted by Gasteiger charge is 2.31. The lowest BCUT2D eigenvalue weighted by Crippen LogP contribution is -2.51. The molecule has 98 valence electrons. The number of carbonyl (C=O) groups is 1. The van der Waals surface area contributed by atoms with Gasteiger partial charge in [0, 0.05) is 30.5 Å².